The normalized spacial score (nSPS) is 14.0. The first-order chi connectivity index (χ1) is 14.9. The van der Waals surface area contributed by atoms with E-state index in [1.807, 2.05) is 56.3 Å². The molecule has 3 atom stereocenters. The summed E-state index contributed by atoms with van der Waals surface area (Å²) < 4.78 is 0. The molecule has 31 heavy (non-hydrogen) atoms. The molecule has 1 heterocycles. The number of aromatic nitrogens is 1. The van der Waals surface area contributed by atoms with E-state index in [1.165, 1.54) is 11.3 Å². The third-order valence-electron chi connectivity index (χ3n) is 5.50. The van der Waals surface area contributed by atoms with Gasteiger partial charge in [0.05, 0.1) is 12.6 Å². The van der Waals surface area contributed by atoms with E-state index in [9.17, 15) is 9.59 Å². The Labute approximate surface area is 186 Å². The van der Waals surface area contributed by atoms with E-state index in [2.05, 4.69) is 15.6 Å². The number of carbonyl (C=O) groups excluding carboxylic acids is 2. The van der Waals surface area contributed by atoms with Crippen LogP contribution in [0.4, 0.5) is 5.13 Å². The standard InChI is InChI=1S/C23H29N5O2S/c1-3-14(2)20(24)22(30)28-19(21(29)26-12-17-13-27-23(25)31-17)11-16-9-6-8-15-7-4-5-10-18(15)16/h4-10,13-14,19-20H,3,11-12,24H2,1-2H3,(H2,25,27)(H,26,29)(H,28,30)/t14?,19-,20+/m0/s1. The quantitative estimate of drug-likeness (QED) is 0.408. The highest BCUT2D eigenvalue weighted by atomic mass is 32.1. The minimum absolute atomic E-state index is 0.0152. The van der Waals surface area contributed by atoms with Gasteiger partial charge in [0, 0.05) is 17.5 Å². The molecule has 1 unspecified atom stereocenters. The molecule has 3 aromatic rings. The number of fused-ring (bicyclic) bond motifs is 1. The van der Waals surface area contributed by atoms with Crippen molar-refractivity contribution < 1.29 is 9.59 Å². The van der Waals surface area contributed by atoms with Gasteiger partial charge in [0.2, 0.25) is 11.8 Å². The van der Waals surface area contributed by atoms with Crippen LogP contribution in [0.25, 0.3) is 10.8 Å². The zero-order valence-electron chi connectivity index (χ0n) is 17.8. The molecule has 8 heteroatoms. The Morgan fingerprint density at radius 3 is 2.58 bits per heavy atom. The predicted molar refractivity (Wildman–Crippen MR) is 125 cm³/mol. The number of amides is 2. The summed E-state index contributed by atoms with van der Waals surface area (Å²) in [4.78, 5) is 30.6. The molecule has 7 nitrogen and oxygen atoms in total. The van der Waals surface area contributed by atoms with E-state index in [4.69, 9.17) is 11.5 Å². The number of benzene rings is 2. The van der Waals surface area contributed by atoms with Gasteiger partial charge < -0.3 is 22.1 Å². The number of thiazole rings is 1. The third-order valence-corrected chi connectivity index (χ3v) is 6.33. The van der Waals surface area contributed by atoms with Crippen LogP contribution >= 0.6 is 11.3 Å². The molecule has 6 N–H and O–H groups in total. The minimum Gasteiger partial charge on any atom is -0.375 e. The summed E-state index contributed by atoms with van der Waals surface area (Å²) in [5.41, 5.74) is 12.8. The lowest BCUT2D eigenvalue weighted by molar-refractivity contribution is -0.130. The molecule has 0 saturated heterocycles. The average molecular weight is 440 g/mol. The summed E-state index contributed by atoms with van der Waals surface area (Å²) in [7, 11) is 0. The fourth-order valence-electron chi connectivity index (χ4n) is 3.38. The lowest BCUT2D eigenvalue weighted by atomic mass is 9.96. The zero-order chi connectivity index (χ0) is 22.4. The van der Waals surface area contributed by atoms with Gasteiger partial charge in [-0.2, -0.15) is 0 Å². The highest BCUT2D eigenvalue weighted by Gasteiger charge is 2.26. The number of nitrogen functional groups attached to an aromatic ring is 1. The molecule has 0 saturated carbocycles. The molecular weight excluding hydrogens is 410 g/mol. The fourth-order valence-corrected chi connectivity index (χ4v) is 4.01. The second-order valence-corrected chi connectivity index (χ2v) is 8.84. The van der Waals surface area contributed by atoms with Crippen molar-refractivity contribution in [1.29, 1.82) is 0 Å². The first kappa shape index (κ1) is 22.7. The summed E-state index contributed by atoms with van der Waals surface area (Å²) in [5.74, 6) is -0.581. The number of nitrogens with two attached hydrogens (primary N) is 2. The van der Waals surface area contributed by atoms with Crippen LogP contribution in [-0.2, 0) is 22.6 Å². The molecule has 0 spiro atoms. The second kappa shape index (κ2) is 10.4. The summed E-state index contributed by atoms with van der Waals surface area (Å²) in [6.07, 6.45) is 2.77. The van der Waals surface area contributed by atoms with Gasteiger partial charge in [0.1, 0.15) is 6.04 Å². The first-order valence-corrected chi connectivity index (χ1v) is 11.2. The van der Waals surface area contributed by atoms with Crippen molar-refractivity contribution in [3.8, 4) is 0 Å². The molecule has 164 valence electrons. The number of anilines is 1. The van der Waals surface area contributed by atoms with E-state index in [0.29, 0.717) is 18.1 Å². The Balaban J connectivity index is 1.80. The second-order valence-electron chi connectivity index (χ2n) is 7.70. The van der Waals surface area contributed by atoms with Gasteiger partial charge in [0.25, 0.3) is 0 Å². The Kier molecular flexibility index (Phi) is 7.59. The van der Waals surface area contributed by atoms with Crippen LogP contribution in [0.5, 0.6) is 0 Å². The van der Waals surface area contributed by atoms with Crippen LogP contribution in [0.15, 0.2) is 48.7 Å². The van der Waals surface area contributed by atoms with Gasteiger partial charge in [-0.25, -0.2) is 4.98 Å². The summed E-state index contributed by atoms with van der Waals surface area (Å²) in [6.45, 7) is 4.21. The Bertz CT molecular complexity index is 1050. The van der Waals surface area contributed by atoms with Gasteiger partial charge in [0.15, 0.2) is 5.13 Å². The Hall–Kier alpha value is -2.97. The van der Waals surface area contributed by atoms with Crippen molar-refractivity contribution in [2.75, 3.05) is 5.73 Å². The molecule has 0 radical (unpaired) electrons. The maximum Gasteiger partial charge on any atom is 0.243 e. The van der Waals surface area contributed by atoms with E-state index in [-0.39, 0.29) is 17.7 Å². The molecule has 0 aliphatic heterocycles. The van der Waals surface area contributed by atoms with Gasteiger partial charge in [-0.1, -0.05) is 62.7 Å². The molecule has 0 aliphatic rings. The maximum absolute atomic E-state index is 13.0. The van der Waals surface area contributed by atoms with E-state index in [0.717, 1.165) is 27.6 Å². The Morgan fingerprint density at radius 2 is 1.87 bits per heavy atom. The van der Waals surface area contributed by atoms with Gasteiger partial charge in [-0.3, -0.25) is 9.59 Å². The minimum atomic E-state index is -0.751. The molecule has 0 fully saturated rings. The van der Waals surface area contributed by atoms with Crippen LogP contribution in [0.1, 0.15) is 30.7 Å². The molecule has 3 rings (SSSR count). The van der Waals surface area contributed by atoms with Crippen molar-refractivity contribution in [3.05, 3.63) is 59.1 Å². The molecule has 2 amide bonds. The lowest BCUT2D eigenvalue weighted by Crippen LogP contribution is -2.53. The van der Waals surface area contributed by atoms with Crippen molar-refractivity contribution >= 4 is 39.1 Å². The number of hydrogen-bond donors (Lipinski definition) is 4. The van der Waals surface area contributed by atoms with Gasteiger partial charge in [-0.15, -0.1) is 11.3 Å². The fraction of sp³-hybridized carbons (Fsp3) is 0.348. The van der Waals surface area contributed by atoms with E-state index in [1.54, 1.807) is 6.20 Å². The van der Waals surface area contributed by atoms with Crippen LogP contribution in [0.3, 0.4) is 0 Å². The average Bonchev–Trinajstić information content (AvgIpc) is 3.21. The van der Waals surface area contributed by atoms with Crippen LogP contribution < -0.4 is 22.1 Å². The summed E-state index contributed by atoms with van der Waals surface area (Å²) in [6, 6.07) is 12.5. The lowest BCUT2D eigenvalue weighted by Gasteiger charge is -2.23. The van der Waals surface area contributed by atoms with Gasteiger partial charge in [-0.05, 0) is 22.3 Å². The maximum atomic E-state index is 13.0. The summed E-state index contributed by atoms with van der Waals surface area (Å²) in [5, 5.41) is 8.35. The van der Waals surface area contributed by atoms with Crippen molar-refractivity contribution in [1.82, 2.24) is 15.6 Å². The molecular formula is C23H29N5O2S. The van der Waals surface area contributed by atoms with Crippen molar-refractivity contribution in [2.24, 2.45) is 11.7 Å². The van der Waals surface area contributed by atoms with Crippen molar-refractivity contribution in [3.63, 3.8) is 0 Å². The smallest absolute Gasteiger partial charge is 0.243 e. The third kappa shape index (κ3) is 5.80. The highest BCUT2D eigenvalue weighted by Crippen LogP contribution is 2.20. The molecule has 2 aromatic carbocycles. The highest BCUT2D eigenvalue weighted by molar-refractivity contribution is 7.15. The first-order valence-electron chi connectivity index (χ1n) is 10.4. The zero-order valence-corrected chi connectivity index (χ0v) is 18.6. The van der Waals surface area contributed by atoms with Crippen LogP contribution in [-0.4, -0.2) is 28.9 Å². The van der Waals surface area contributed by atoms with E-state index < -0.39 is 12.1 Å². The van der Waals surface area contributed by atoms with E-state index >= 15 is 0 Å². The molecule has 1 aromatic heterocycles. The number of nitrogens with one attached hydrogen (secondary N) is 2. The van der Waals surface area contributed by atoms with Crippen LogP contribution in [0.2, 0.25) is 0 Å². The van der Waals surface area contributed by atoms with Gasteiger partial charge >= 0.3 is 0 Å². The number of nitrogens with zero attached hydrogens (tertiary/aromatic N) is 1. The SMILES string of the molecule is CCC(C)[C@@H](N)C(=O)N[C@@H](Cc1cccc2ccccc12)C(=O)NCc1cnc(N)s1. The molecule has 0 bridgehead atoms. The number of carbonyl (C=O) groups is 2. The monoisotopic (exact) mass is 439 g/mol. The summed E-state index contributed by atoms with van der Waals surface area (Å²) >= 11 is 1.32. The Morgan fingerprint density at radius 1 is 1.13 bits per heavy atom. The number of hydrogen-bond acceptors (Lipinski definition) is 6. The van der Waals surface area contributed by atoms with Crippen LogP contribution in [0, 0.1) is 5.92 Å². The topological polar surface area (TPSA) is 123 Å². The number of rotatable bonds is 9. The molecule has 0 aliphatic carbocycles. The predicted octanol–water partition coefficient (Wildman–Crippen LogP) is 2.60. The van der Waals surface area contributed by atoms with Crippen molar-refractivity contribution in [2.45, 2.75) is 45.3 Å². The largest absolute Gasteiger partial charge is 0.375 e.